The third-order valence-corrected chi connectivity index (χ3v) is 12.3. The zero-order valence-corrected chi connectivity index (χ0v) is 20.3. The first-order chi connectivity index (χ1) is 12.8. The molecule has 2 atom stereocenters. The van der Waals surface area contributed by atoms with Gasteiger partial charge in [-0.15, -0.1) is 4.31 Å². The summed E-state index contributed by atoms with van der Waals surface area (Å²) in [4.78, 5) is 0. The summed E-state index contributed by atoms with van der Waals surface area (Å²) in [5, 5.41) is 9.57. The summed E-state index contributed by atoms with van der Waals surface area (Å²) in [6, 6.07) is 8.21. The Hall–Kier alpha value is -0.843. The van der Waals surface area contributed by atoms with E-state index < -0.39 is 24.4 Å². The molecule has 0 aromatic heterocycles. The molecular formula is C22H35N2O2SSi. The molecule has 0 aliphatic heterocycles. The van der Waals surface area contributed by atoms with Gasteiger partial charge < -0.3 is 8.98 Å². The maximum atomic E-state index is 13.3. The quantitative estimate of drug-likeness (QED) is 0.453. The van der Waals surface area contributed by atoms with Gasteiger partial charge in [-0.1, -0.05) is 32.9 Å². The molecule has 0 saturated heterocycles. The Balaban J connectivity index is 2.25. The number of hydrogen-bond donors (Lipinski definition) is 0. The average molecular weight is 420 g/mol. The van der Waals surface area contributed by atoms with E-state index >= 15 is 0 Å². The van der Waals surface area contributed by atoms with Crippen molar-refractivity contribution in [1.29, 1.82) is 5.26 Å². The van der Waals surface area contributed by atoms with E-state index in [-0.39, 0.29) is 11.1 Å². The first-order valence-electron chi connectivity index (χ1n) is 9.99. The largest absolute Gasteiger partial charge is 0.597 e. The molecular weight excluding hydrogens is 384 g/mol. The molecule has 6 heteroatoms. The molecule has 0 N–H and O–H groups in total. The monoisotopic (exact) mass is 419 g/mol. The third kappa shape index (κ3) is 5.01. The molecule has 0 heterocycles. The molecule has 0 bridgehead atoms. The molecule has 1 aliphatic carbocycles. The summed E-state index contributed by atoms with van der Waals surface area (Å²) in [6.45, 7) is 20.3. The smallest absolute Gasteiger partial charge is 0.192 e. The summed E-state index contributed by atoms with van der Waals surface area (Å²) in [5.74, 6) is 0. The van der Waals surface area contributed by atoms with Crippen LogP contribution in [0.5, 0.6) is 0 Å². The fraction of sp³-hybridized carbons (Fsp3) is 0.636. The highest BCUT2D eigenvalue weighted by Gasteiger charge is 2.42. The van der Waals surface area contributed by atoms with Gasteiger partial charge >= 0.3 is 0 Å². The zero-order valence-electron chi connectivity index (χ0n) is 18.5. The van der Waals surface area contributed by atoms with Crippen molar-refractivity contribution in [2.24, 2.45) is 0 Å². The minimum Gasteiger partial charge on any atom is -0.597 e. The molecule has 0 saturated carbocycles. The van der Waals surface area contributed by atoms with Crippen molar-refractivity contribution in [3.05, 3.63) is 41.8 Å². The standard InChI is InChI=1S/C22H35N2O2SSi/c1-21(2,3)27(25)24(14-15-26-28(7,8)22(4,5)6)20-13-12-18-17(16-23)10-9-11-19(18)20/h9-11,20H,1,12-15H2,2-8H3/t20-,27-/m0/s1. The highest BCUT2D eigenvalue weighted by Crippen LogP contribution is 2.41. The van der Waals surface area contributed by atoms with Crippen LogP contribution in [0.4, 0.5) is 0 Å². The minimum atomic E-state index is -1.86. The molecule has 1 aromatic rings. The van der Waals surface area contributed by atoms with E-state index in [0.717, 1.165) is 29.5 Å². The maximum Gasteiger partial charge on any atom is 0.192 e. The van der Waals surface area contributed by atoms with E-state index in [9.17, 15) is 9.81 Å². The number of nitriles is 1. The van der Waals surface area contributed by atoms with Gasteiger partial charge in [-0.3, -0.25) is 0 Å². The summed E-state index contributed by atoms with van der Waals surface area (Å²) < 4.78 is 21.2. The topological polar surface area (TPSA) is 59.3 Å². The number of benzene rings is 1. The van der Waals surface area contributed by atoms with Crippen LogP contribution >= 0.6 is 0 Å². The normalized spacial score (nSPS) is 18.8. The third-order valence-electron chi connectivity index (χ3n) is 5.97. The lowest BCUT2D eigenvalue weighted by Gasteiger charge is -2.39. The maximum absolute atomic E-state index is 13.3. The van der Waals surface area contributed by atoms with Gasteiger partial charge in [0, 0.05) is 18.3 Å². The van der Waals surface area contributed by atoms with E-state index in [1.807, 2.05) is 30.3 Å². The van der Waals surface area contributed by atoms with Crippen LogP contribution in [-0.4, -0.2) is 35.1 Å². The predicted octanol–water partition coefficient (Wildman–Crippen LogP) is 5.15. The molecule has 1 aromatic carbocycles. The summed E-state index contributed by atoms with van der Waals surface area (Å²) in [7, 11) is -1.86. The van der Waals surface area contributed by atoms with Crippen molar-refractivity contribution in [3.63, 3.8) is 0 Å². The highest BCUT2D eigenvalue weighted by atomic mass is 32.2. The van der Waals surface area contributed by atoms with Gasteiger partial charge in [-0.25, -0.2) is 0 Å². The molecule has 1 radical (unpaired) electrons. The van der Waals surface area contributed by atoms with Gasteiger partial charge in [-0.2, -0.15) is 5.26 Å². The SMILES string of the molecule is [CH2]C(C)(C)[S@+]([O-])N(CCO[Si](C)(C)C(C)(C)C)[C@H]1CCc2c(C#N)cccc21. The van der Waals surface area contributed by atoms with Gasteiger partial charge in [0.15, 0.2) is 8.32 Å². The van der Waals surface area contributed by atoms with Gasteiger partial charge in [0.25, 0.3) is 0 Å². The van der Waals surface area contributed by atoms with Gasteiger partial charge in [0.1, 0.15) is 4.75 Å². The first kappa shape index (κ1) is 23.4. The van der Waals surface area contributed by atoms with Crippen molar-refractivity contribution in [2.75, 3.05) is 13.2 Å². The lowest BCUT2D eigenvalue weighted by Crippen LogP contribution is -2.48. The van der Waals surface area contributed by atoms with Crippen molar-refractivity contribution in [3.8, 4) is 6.07 Å². The lowest BCUT2D eigenvalue weighted by molar-refractivity contribution is 0.224. The summed E-state index contributed by atoms with van der Waals surface area (Å²) in [6.07, 6.45) is 1.72. The van der Waals surface area contributed by atoms with Crippen LogP contribution in [0.15, 0.2) is 18.2 Å². The van der Waals surface area contributed by atoms with Crippen molar-refractivity contribution < 1.29 is 8.98 Å². The summed E-state index contributed by atoms with van der Waals surface area (Å²) in [5.41, 5.74) is 2.96. The van der Waals surface area contributed by atoms with E-state index in [0.29, 0.717) is 13.2 Å². The molecule has 2 rings (SSSR count). The van der Waals surface area contributed by atoms with E-state index in [4.69, 9.17) is 4.43 Å². The van der Waals surface area contributed by atoms with Crippen LogP contribution in [0.3, 0.4) is 0 Å². The molecule has 0 spiro atoms. The highest BCUT2D eigenvalue weighted by molar-refractivity contribution is 7.90. The Bertz CT molecular complexity index is 732. The molecule has 155 valence electrons. The van der Waals surface area contributed by atoms with Gasteiger partial charge in [-0.05, 0) is 62.0 Å². The Kier molecular flexibility index (Phi) is 7.11. The fourth-order valence-corrected chi connectivity index (χ4v) is 5.68. The number of fused-ring (bicyclic) bond motifs is 1. The molecule has 4 nitrogen and oxygen atoms in total. The number of rotatable bonds is 7. The molecule has 0 fully saturated rings. The second-order valence-corrected chi connectivity index (χ2v) is 16.7. The Morgan fingerprint density at radius 3 is 2.50 bits per heavy atom. The Labute approximate surface area is 175 Å². The Morgan fingerprint density at radius 1 is 1.32 bits per heavy atom. The van der Waals surface area contributed by atoms with Crippen LogP contribution < -0.4 is 0 Å². The fourth-order valence-electron chi connectivity index (χ4n) is 3.32. The number of hydrogen-bond acceptors (Lipinski definition) is 4. The number of nitrogens with zero attached hydrogens (tertiary/aromatic N) is 2. The van der Waals surface area contributed by atoms with Crippen molar-refractivity contribution in [2.45, 2.75) is 76.4 Å². The van der Waals surface area contributed by atoms with Crippen LogP contribution in [0.25, 0.3) is 0 Å². The average Bonchev–Trinajstić information content (AvgIpc) is 3.00. The predicted molar refractivity (Wildman–Crippen MR) is 120 cm³/mol. The minimum absolute atomic E-state index is 0.0353. The molecule has 1 aliphatic rings. The second kappa shape index (κ2) is 8.49. The van der Waals surface area contributed by atoms with Gasteiger partial charge in [0.05, 0.1) is 30.8 Å². The molecule has 28 heavy (non-hydrogen) atoms. The van der Waals surface area contributed by atoms with Crippen molar-refractivity contribution >= 4 is 19.7 Å². The van der Waals surface area contributed by atoms with Crippen LogP contribution in [0.1, 0.15) is 63.8 Å². The molecule has 0 unspecified atom stereocenters. The van der Waals surface area contributed by atoms with Crippen molar-refractivity contribution in [1.82, 2.24) is 4.31 Å². The van der Waals surface area contributed by atoms with E-state index in [1.54, 1.807) is 0 Å². The summed E-state index contributed by atoms with van der Waals surface area (Å²) >= 11 is -1.26. The van der Waals surface area contributed by atoms with E-state index in [1.165, 1.54) is 0 Å². The second-order valence-electron chi connectivity index (χ2n) is 9.80. The van der Waals surface area contributed by atoms with Crippen LogP contribution in [0.2, 0.25) is 18.1 Å². The van der Waals surface area contributed by atoms with Gasteiger partial charge in [0.2, 0.25) is 0 Å². The zero-order chi connectivity index (χ0) is 21.3. The lowest BCUT2D eigenvalue weighted by atomic mass is 10.0. The molecule has 0 amide bonds. The first-order valence-corrected chi connectivity index (χ1v) is 14.0. The van der Waals surface area contributed by atoms with E-state index in [2.05, 4.69) is 52.9 Å². The van der Waals surface area contributed by atoms with Crippen LogP contribution in [0, 0.1) is 18.3 Å². The van der Waals surface area contributed by atoms with Crippen LogP contribution in [-0.2, 0) is 22.2 Å². The Morgan fingerprint density at radius 2 is 1.96 bits per heavy atom.